The summed E-state index contributed by atoms with van der Waals surface area (Å²) in [7, 11) is 3.67. The van der Waals surface area contributed by atoms with Gasteiger partial charge in [0.05, 0.1) is 11.7 Å². The molecule has 15 heavy (non-hydrogen) atoms. The second kappa shape index (κ2) is 3.66. The summed E-state index contributed by atoms with van der Waals surface area (Å²) in [6, 6.07) is 1.88. The van der Waals surface area contributed by atoms with E-state index < -0.39 is 0 Å². The number of aryl methyl sites for hydroxylation is 1. The molecule has 1 fully saturated rings. The van der Waals surface area contributed by atoms with Crippen LogP contribution in [0.4, 0.5) is 0 Å². The van der Waals surface area contributed by atoms with Gasteiger partial charge in [0.1, 0.15) is 0 Å². The fraction of sp³-hybridized carbons (Fsp3) is 0.600. The summed E-state index contributed by atoms with van der Waals surface area (Å²) in [5.74, 6) is 0.155. The van der Waals surface area contributed by atoms with Crippen molar-refractivity contribution in [3.63, 3.8) is 0 Å². The van der Waals surface area contributed by atoms with E-state index in [0.717, 1.165) is 12.1 Å². The van der Waals surface area contributed by atoms with E-state index in [1.54, 1.807) is 22.8 Å². The summed E-state index contributed by atoms with van der Waals surface area (Å²) in [6.45, 7) is 0. The smallest absolute Gasteiger partial charge is 0.222 e. The number of nitrogens with two attached hydrogens (primary N) is 1. The van der Waals surface area contributed by atoms with Gasteiger partial charge in [0.25, 0.3) is 0 Å². The van der Waals surface area contributed by atoms with Gasteiger partial charge in [-0.2, -0.15) is 5.10 Å². The van der Waals surface area contributed by atoms with E-state index in [4.69, 9.17) is 5.73 Å². The number of nitrogens with zero attached hydrogens (tertiary/aromatic N) is 3. The Morgan fingerprint density at radius 2 is 2.27 bits per heavy atom. The first-order valence-electron chi connectivity index (χ1n) is 5.10. The largest absolute Gasteiger partial charge is 0.336 e. The van der Waals surface area contributed by atoms with Crippen LogP contribution in [-0.4, -0.2) is 33.7 Å². The van der Waals surface area contributed by atoms with Crippen molar-refractivity contribution in [3.8, 4) is 0 Å². The summed E-state index contributed by atoms with van der Waals surface area (Å²) in [6.07, 6.45) is 3.03. The average Bonchev–Trinajstić information content (AvgIpc) is 2.60. The number of carbonyl (C=O) groups is 1. The highest BCUT2D eigenvalue weighted by molar-refractivity contribution is 5.77. The monoisotopic (exact) mass is 208 g/mol. The Bertz CT molecular complexity index is 373. The van der Waals surface area contributed by atoms with Gasteiger partial charge in [-0.3, -0.25) is 9.48 Å². The van der Waals surface area contributed by atoms with Crippen LogP contribution in [0.15, 0.2) is 12.3 Å². The zero-order valence-corrected chi connectivity index (χ0v) is 9.05. The molecule has 0 radical (unpaired) electrons. The Hall–Kier alpha value is -1.36. The Morgan fingerprint density at radius 3 is 2.87 bits per heavy atom. The number of likely N-dealkylation sites (N-methyl/N-ethyl adjacent to an activating group) is 1. The highest BCUT2D eigenvalue weighted by atomic mass is 16.2. The van der Waals surface area contributed by atoms with Crippen LogP contribution in [0, 0.1) is 0 Å². The van der Waals surface area contributed by atoms with Crippen molar-refractivity contribution in [1.29, 1.82) is 0 Å². The third kappa shape index (κ3) is 1.63. The summed E-state index contributed by atoms with van der Waals surface area (Å²) < 4.78 is 1.78. The molecule has 2 atom stereocenters. The molecule has 1 aliphatic heterocycles. The Balaban J connectivity index is 2.33. The maximum absolute atomic E-state index is 11.6. The molecule has 0 aliphatic carbocycles. The first kappa shape index (κ1) is 10.2. The summed E-state index contributed by atoms with van der Waals surface area (Å²) >= 11 is 0. The first-order chi connectivity index (χ1) is 7.11. The van der Waals surface area contributed by atoms with Crippen molar-refractivity contribution < 1.29 is 4.79 Å². The van der Waals surface area contributed by atoms with Crippen molar-refractivity contribution in [3.05, 3.63) is 18.0 Å². The molecule has 2 N–H and O–H groups in total. The van der Waals surface area contributed by atoms with E-state index >= 15 is 0 Å². The van der Waals surface area contributed by atoms with E-state index in [9.17, 15) is 4.79 Å². The topological polar surface area (TPSA) is 64.2 Å². The molecule has 2 heterocycles. The van der Waals surface area contributed by atoms with Crippen molar-refractivity contribution in [2.24, 2.45) is 12.8 Å². The van der Waals surface area contributed by atoms with Gasteiger partial charge in [-0.25, -0.2) is 0 Å². The van der Waals surface area contributed by atoms with E-state index in [2.05, 4.69) is 5.10 Å². The molecule has 0 bridgehead atoms. The summed E-state index contributed by atoms with van der Waals surface area (Å²) in [5, 5.41) is 4.11. The fourth-order valence-corrected chi connectivity index (χ4v) is 2.16. The Labute approximate surface area is 88.8 Å². The number of amides is 1. The Morgan fingerprint density at radius 1 is 1.53 bits per heavy atom. The zero-order chi connectivity index (χ0) is 11.0. The predicted octanol–water partition coefficient (Wildman–Crippen LogP) is 0.0407. The summed E-state index contributed by atoms with van der Waals surface area (Å²) in [5.41, 5.74) is 7.05. The molecule has 1 amide bonds. The van der Waals surface area contributed by atoms with Gasteiger partial charge in [-0.1, -0.05) is 0 Å². The molecular formula is C10H16N4O. The zero-order valence-electron chi connectivity index (χ0n) is 9.05. The van der Waals surface area contributed by atoms with Crippen molar-refractivity contribution in [2.75, 3.05) is 7.05 Å². The van der Waals surface area contributed by atoms with Crippen LogP contribution in [0.3, 0.4) is 0 Å². The molecule has 2 rings (SSSR count). The minimum absolute atomic E-state index is 0.00287. The van der Waals surface area contributed by atoms with Crippen LogP contribution in [0.5, 0.6) is 0 Å². The number of piperidine rings is 1. The molecule has 1 aliphatic rings. The first-order valence-corrected chi connectivity index (χ1v) is 5.10. The number of hydrogen-bond donors (Lipinski definition) is 1. The van der Waals surface area contributed by atoms with Crippen LogP contribution in [0.25, 0.3) is 0 Å². The molecule has 2 unspecified atom stereocenters. The van der Waals surface area contributed by atoms with Crippen molar-refractivity contribution in [2.45, 2.75) is 24.9 Å². The van der Waals surface area contributed by atoms with Crippen LogP contribution >= 0.6 is 0 Å². The van der Waals surface area contributed by atoms with Crippen LogP contribution < -0.4 is 5.73 Å². The highest BCUT2D eigenvalue weighted by Crippen LogP contribution is 2.28. The van der Waals surface area contributed by atoms with Gasteiger partial charge in [-0.05, 0) is 12.5 Å². The molecule has 0 aromatic carbocycles. The number of aromatic nitrogens is 2. The third-order valence-electron chi connectivity index (χ3n) is 3.07. The average molecular weight is 208 g/mol. The normalized spacial score (nSPS) is 27.1. The standard InChI is InChI=1S/C10H16N4O/c1-13-9(15)4-3-7(11)10(13)8-5-6-12-14(8)2/h5-7,10H,3-4,11H2,1-2H3. The van der Waals surface area contributed by atoms with E-state index in [0.29, 0.717) is 6.42 Å². The second-order valence-corrected chi connectivity index (χ2v) is 4.03. The molecule has 0 spiro atoms. The molecule has 1 saturated heterocycles. The quantitative estimate of drug-likeness (QED) is 0.708. The van der Waals surface area contributed by atoms with Gasteiger partial charge in [0.15, 0.2) is 0 Å². The molecule has 0 saturated carbocycles. The number of rotatable bonds is 1. The third-order valence-corrected chi connectivity index (χ3v) is 3.07. The molecule has 1 aromatic heterocycles. The highest BCUT2D eigenvalue weighted by Gasteiger charge is 2.33. The van der Waals surface area contributed by atoms with Crippen LogP contribution in [-0.2, 0) is 11.8 Å². The predicted molar refractivity (Wildman–Crippen MR) is 55.9 cm³/mol. The van der Waals surface area contributed by atoms with Gasteiger partial charge in [0.2, 0.25) is 5.91 Å². The fourth-order valence-electron chi connectivity index (χ4n) is 2.16. The van der Waals surface area contributed by atoms with Gasteiger partial charge in [-0.15, -0.1) is 0 Å². The summed E-state index contributed by atoms with van der Waals surface area (Å²) in [4.78, 5) is 13.3. The SMILES string of the molecule is CN1C(=O)CCC(N)C1c1ccnn1C. The molecule has 82 valence electrons. The van der Waals surface area contributed by atoms with E-state index in [-0.39, 0.29) is 18.0 Å². The lowest BCUT2D eigenvalue weighted by Crippen LogP contribution is -2.47. The number of carbonyl (C=O) groups excluding carboxylic acids is 1. The lowest BCUT2D eigenvalue weighted by molar-refractivity contribution is -0.135. The van der Waals surface area contributed by atoms with Gasteiger partial charge < -0.3 is 10.6 Å². The van der Waals surface area contributed by atoms with Gasteiger partial charge >= 0.3 is 0 Å². The molecular weight excluding hydrogens is 192 g/mol. The molecule has 5 nitrogen and oxygen atoms in total. The number of likely N-dealkylation sites (tertiary alicyclic amines) is 1. The maximum atomic E-state index is 11.6. The second-order valence-electron chi connectivity index (χ2n) is 4.03. The van der Waals surface area contributed by atoms with Gasteiger partial charge in [0, 0.05) is 32.8 Å². The minimum Gasteiger partial charge on any atom is -0.336 e. The Kier molecular flexibility index (Phi) is 2.48. The van der Waals surface area contributed by atoms with Crippen molar-refractivity contribution >= 4 is 5.91 Å². The lowest BCUT2D eigenvalue weighted by atomic mass is 9.94. The van der Waals surface area contributed by atoms with E-state index in [1.807, 2.05) is 13.1 Å². The van der Waals surface area contributed by atoms with E-state index in [1.165, 1.54) is 0 Å². The molecule has 5 heteroatoms. The van der Waals surface area contributed by atoms with Crippen LogP contribution in [0.2, 0.25) is 0 Å². The number of hydrogen-bond acceptors (Lipinski definition) is 3. The van der Waals surface area contributed by atoms with Crippen LogP contribution in [0.1, 0.15) is 24.6 Å². The lowest BCUT2D eigenvalue weighted by Gasteiger charge is -2.37. The maximum Gasteiger partial charge on any atom is 0.222 e. The minimum atomic E-state index is -0.0428. The molecule has 1 aromatic rings. The van der Waals surface area contributed by atoms with Crippen molar-refractivity contribution in [1.82, 2.24) is 14.7 Å².